The van der Waals surface area contributed by atoms with E-state index in [1.807, 2.05) is 12.1 Å². The Morgan fingerprint density at radius 2 is 1.39 bits per heavy atom. The highest BCUT2D eigenvalue weighted by molar-refractivity contribution is 6.30. The summed E-state index contributed by atoms with van der Waals surface area (Å²) in [6, 6.07) is 14.8. The summed E-state index contributed by atoms with van der Waals surface area (Å²) in [4.78, 5) is 39.7. The Morgan fingerprint density at radius 1 is 0.806 bits per heavy atom. The monoisotopic (exact) mass is 506 g/mol. The van der Waals surface area contributed by atoms with Crippen LogP contribution in [-0.4, -0.2) is 17.5 Å². The number of ketones is 2. The molecule has 36 heavy (non-hydrogen) atoms. The molecule has 0 atom stereocenters. The molecule has 0 aliphatic heterocycles. The molecular formula is C31H35ClO4. The second-order valence-electron chi connectivity index (χ2n) is 10.0. The van der Waals surface area contributed by atoms with E-state index in [0.29, 0.717) is 22.6 Å². The van der Waals surface area contributed by atoms with Crippen LogP contribution in [0.2, 0.25) is 5.02 Å². The summed E-state index contributed by atoms with van der Waals surface area (Å²) < 4.78 is 5.70. The van der Waals surface area contributed by atoms with Gasteiger partial charge in [0, 0.05) is 22.6 Å². The summed E-state index contributed by atoms with van der Waals surface area (Å²) in [5.41, 5.74) is 2.37. The van der Waals surface area contributed by atoms with Gasteiger partial charge in [0.05, 0.1) is 5.57 Å². The Morgan fingerprint density at radius 3 is 2.06 bits per heavy atom. The lowest BCUT2D eigenvalue weighted by atomic mass is 9.72. The molecule has 0 amide bonds. The molecule has 0 saturated heterocycles. The molecule has 2 aromatic rings. The van der Waals surface area contributed by atoms with Gasteiger partial charge in [0.25, 0.3) is 0 Å². The number of carbonyl (C=O) groups is 3. The zero-order valence-corrected chi connectivity index (χ0v) is 21.8. The maximum absolute atomic E-state index is 13.6. The van der Waals surface area contributed by atoms with Crippen LogP contribution >= 0.6 is 11.6 Å². The number of esters is 1. The zero-order chi connectivity index (χ0) is 25.5. The molecule has 190 valence electrons. The van der Waals surface area contributed by atoms with Crippen molar-refractivity contribution >= 4 is 29.1 Å². The first kappa shape index (κ1) is 26.3. The number of carbonyl (C=O) groups excluding carboxylic acids is 3. The molecule has 0 heterocycles. The van der Waals surface area contributed by atoms with Gasteiger partial charge in [0.15, 0.2) is 11.5 Å². The van der Waals surface area contributed by atoms with Gasteiger partial charge in [-0.15, -0.1) is 0 Å². The van der Waals surface area contributed by atoms with Crippen molar-refractivity contribution in [2.75, 3.05) is 0 Å². The van der Waals surface area contributed by atoms with Crippen molar-refractivity contribution < 1.29 is 19.1 Å². The average Bonchev–Trinajstić information content (AvgIpc) is 2.90. The Balaban J connectivity index is 1.50. The lowest BCUT2D eigenvalue weighted by Crippen LogP contribution is -2.30. The van der Waals surface area contributed by atoms with Gasteiger partial charge in [0.2, 0.25) is 5.78 Å². The van der Waals surface area contributed by atoms with Crippen LogP contribution in [-0.2, 0) is 9.53 Å². The van der Waals surface area contributed by atoms with Gasteiger partial charge >= 0.3 is 5.97 Å². The predicted octanol–water partition coefficient (Wildman–Crippen LogP) is 8.24. The quantitative estimate of drug-likeness (QED) is 0.240. The molecule has 0 radical (unpaired) electrons. The summed E-state index contributed by atoms with van der Waals surface area (Å²) in [7, 11) is 0. The Bertz CT molecular complexity index is 1120. The van der Waals surface area contributed by atoms with E-state index in [9.17, 15) is 14.4 Å². The summed E-state index contributed by atoms with van der Waals surface area (Å²) in [6.45, 7) is 2.17. The van der Waals surface area contributed by atoms with Gasteiger partial charge < -0.3 is 4.74 Å². The normalized spacial score (nSPS) is 19.8. The third-order valence-electron chi connectivity index (χ3n) is 7.54. The number of halogens is 1. The topological polar surface area (TPSA) is 60.4 Å². The molecule has 2 aliphatic carbocycles. The molecule has 2 aliphatic rings. The van der Waals surface area contributed by atoms with Crippen LogP contribution < -0.4 is 0 Å². The summed E-state index contributed by atoms with van der Waals surface area (Å²) in [6.07, 6.45) is 9.94. The highest BCUT2D eigenvalue weighted by Gasteiger charge is 2.39. The Kier molecular flexibility index (Phi) is 9.14. The Hall–Kier alpha value is -2.72. The molecule has 0 bridgehead atoms. The molecule has 0 aromatic heterocycles. The fourth-order valence-electron chi connectivity index (χ4n) is 5.51. The number of unbranched alkanes of at least 4 members (excludes halogenated alkanes) is 5. The van der Waals surface area contributed by atoms with E-state index in [-0.39, 0.29) is 29.7 Å². The van der Waals surface area contributed by atoms with E-state index in [4.69, 9.17) is 16.3 Å². The van der Waals surface area contributed by atoms with Gasteiger partial charge in [-0.3, -0.25) is 14.4 Å². The minimum Gasteiger partial charge on any atom is -0.422 e. The summed E-state index contributed by atoms with van der Waals surface area (Å²) >= 11 is 6.05. The van der Waals surface area contributed by atoms with E-state index in [2.05, 4.69) is 19.1 Å². The fourth-order valence-corrected chi connectivity index (χ4v) is 5.63. The van der Waals surface area contributed by atoms with Crippen LogP contribution in [0.5, 0.6) is 0 Å². The number of fused-ring (bicyclic) bond motifs is 1. The van der Waals surface area contributed by atoms with Crippen LogP contribution in [0.3, 0.4) is 0 Å². The predicted molar refractivity (Wildman–Crippen MR) is 142 cm³/mol. The van der Waals surface area contributed by atoms with Crippen molar-refractivity contribution in [3.05, 3.63) is 81.6 Å². The molecule has 4 rings (SSSR count). The van der Waals surface area contributed by atoms with E-state index in [1.165, 1.54) is 24.8 Å². The van der Waals surface area contributed by atoms with E-state index >= 15 is 0 Å². The second kappa shape index (κ2) is 12.5. The van der Waals surface area contributed by atoms with Crippen LogP contribution in [0.4, 0.5) is 0 Å². The van der Waals surface area contributed by atoms with Gasteiger partial charge in [-0.1, -0.05) is 87.0 Å². The van der Waals surface area contributed by atoms with Gasteiger partial charge in [0.1, 0.15) is 0 Å². The van der Waals surface area contributed by atoms with Crippen LogP contribution in [0.1, 0.15) is 110 Å². The zero-order valence-electron chi connectivity index (χ0n) is 21.1. The third-order valence-corrected chi connectivity index (χ3v) is 7.79. The second-order valence-corrected chi connectivity index (χ2v) is 10.5. The summed E-state index contributed by atoms with van der Waals surface area (Å²) in [5.74, 6) is -0.702. The SMILES string of the molecule is CCCCCCCCC(=O)OC1=C([C@H]2CC[C@H](c3ccc(Cl)cc3)CC2)C(=O)c2ccccc2C1=O. The van der Waals surface area contributed by atoms with Crippen molar-refractivity contribution in [2.24, 2.45) is 5.92 Å². The number of Topliss-reactive ketones (excluding diaryl/α,β-unsaturated/α-hetero) is 2. The molecule has 0 spiro atoms. The number of benzene rings is 2. The van der Waals surface area contributed by atoms with E-state index in [0.717, 1.165) is 50.0 Å². The number of allylic oxidation sites excluding steroid dienone is 2. The number of rotatable bonds is 10. The van der Waals surface area contributed by atoms with Crippen LogP contribution in [0, 0.1) is 5.92 Å². The van der Waals surface area contributed by atoms with Gasteiger partial charge in [-0.25, -0.2) is 0 Å². The average molecular weight is 507 g/mol. The fraction of sp³-hybridized carbons (Fsp3) is 0.452. The highest BCUT2D eigenvalue weighted by atomic mass is 35.5. The molecular weight excluding hydrogens is 472 g/mol. The molecule has 2 aromatic carbocycles. The molecule has 4 nitrogen and oxygen atoms in total. The van der Waals surface area contributed by atoms with Crippen LogP contribution in [0.25, 0.3) is 0 Å². The van der Waals surface area contributed by atoms with Gasteiger partial charge in [-0.2, -0.15) is 0 Å². The minimum atomic E-state index is -0.423. The van der Waals surface area contributed by atoms with Crippen molar-refractivity contribution in [3.8, 4) is 0 Å². The van der Waals surface area contributed by atoms with E-state index in [1.54, 1.807) is 24.3 Å². The number of hydrogen-bond donors (Lipinski definition) is 0. The smallest absolute Gasteiger partial charge is 0.311 e. The molecule has 0 N–H and O–H groups in total. The maximum Gasteiger partial charge on any atom is 0.311 e. The minimum absolute atomic E-state index is 0.0374. The van der Waals surface area contributed by atoms with Crippen molar-refractivity contribution in [1.82, 2.24) is 0 Å². The molecule has 1 fully saturated rings. The first-order chi connectivity index (χ1) is 17.5. The largest absolute Gasteiger partial charge is 0.422 e. The van der Waals surface area contributed by atoms with Crippen LogP contribution in [0.15, 0.2) is 59.9 Å². The first-order valence-electron chi connectivity index (χ1n) is 13.4. The molecule has 0 unspecified atom stereocenters. The lowest BCUT2D eigenvalue weighted by Gasteiger charge is -2.32. The van der Waals surface area contributed by atoms with Crippen molar-refractivity contribution in [3.63, 3.8) is 0 Å². The number of ether oxygens (including phenoxy) is 1. The standard InChI is InChI=1S/C31H35ClO4/c1-2-3-4-5-6-7-12-27(33)36-31-28(29(34)25-10-8-9-11-26(25)30(31)35)23-15-13-21(14-16-23)22-17-19-24(32)20-18-22/h8-11,17-21,23H,2-7,12-16H2,1H3/t21-,23-. The summed E-state index contributed by atoms with van der Waals surface area (Å²) in [5, 5.41) is 0.718. The third kappa shape index (κ3) is 6.15. The lowest BCUT2D eigenvalue weighted by molar-refractivity contribution is -0.139. The van der Waals surface area contributed by atoms with E-state index < -0.39 is 5.97 Å². The molecule has 5 heteroatoms. The molecule has 1 saturated carbocycles. The highest BCUT2D eigenvalue weighted by Crippen LogP contribution is 2.42. The maximum atomic E-state index is 13.6. The first-order valence-corrected chi connectivity index (χ1v) is 13.8. The number of hydrogen-bond acceptors (Lipinski definition) is 4. The Labute approximate surface area is 219 Å². The van der Waals surface area contributed by atoms with Crippen molar-refractivity contribution in [2.45, 2.75) is 83.5 Å². The van der Waals surface area contributed by atoms with Gasteiger partial charge in [-0.05, 0) is 61.6 Å². The van der Waals surface area contributed by atoms with Crippen molar-refractivity contribution in [1.29, 1.82) is 0 Å².